The number of fused-ring (bicyclic) bond motifs is 1. The second kappa shape index (κ2) is 7.13. The second-order valence-corrected chi connectivity index (χ2v) is 7.19. The summed E-state index contributed by atoms with van der Waals surface area (Å²) in [6.07, 6.45) is 3.66. The zero-order valence-corrected chi connectivity index (χ0v) is 16.0. The smallest absolute Gasteiger partial charge is 0.238 e. The zero-order valence-electron chi connectivity index (χ0n) is 16.0. The normalized spacial score (nSPS) is 16.1. The van der Waals surface area contributed by atoms with E-state index in [1.807, 2.05) is 47.7 Å². The van der Waals surface area contributed by atoms with Gasteiger partial charge < -0.3 is 14.8 Å². The summed E-state index contributed by atoms with van der Waals surface area (Å²) in [6.45, 7) is 4.28. The highest BCUT2D eigenvalue weighted by molar-refractivity contribution is 5.98. The Morgan fingerprint density at radius 3 is 2.63 bits per heavy atom. The van der Waals surface area contributed by atoms with Crippen LogP contribution in [0.25, 0.3) is 22.4 Å². The van der Waals surface area contributed by atoms with Gasteiger partial charge in [0.15, 0.2) is 5.82 Å². The van der Waals surface area contributed by atoms with Gasteiger partial charge in [-0.1, -0.05) is 0 Å². The summed E-state index contributed by atoms with van der Waals surface area (Å²) in [4.78, 5) is 21.4. The molecule has 0 spiro atoms. The fourth-order valence-electron chi connectivity index (χ4n) is 3.51. The molecule has 3 aromatic rings. The first kappa shape index (κ1) is 17.7. The monoisotopic (exact) mass is 367 g/mol. The average molecular weight is 367 g/mol. The summed E-state index contributed by atoms with van der Waals surface area (Å²) < 4.78 is 3.79. The van der Waals surface area contributed by atoms with Crippen molar-refractivity contribution < 1.29 is 4.79 Å². The SMILES string of the molecule is CN1CCN(CC(=O)Nc2ccc3c(c2)c(-c2nccn2C)nn3C)CC1. The number of hydrogen-bond donors (Lipinski definition) is 1. The molecule has 8 heteroatoms. The van der Waals surface area contributed by atoms with E-state index in [4.69, 9.17) is 0 Å². The van der Waals surface area contributed by atoms with Crippen LogP contribution in [0.15, 0.2) is 30.6 Å². The van der Waals surface area contributed by atoms with Crippen molar-refractivity contribution in [1.82, 2.24) is 29.1 Å². The Labute approximate surface area is 158 Å². The van der Waals surface area contributed by atoms with E-state index in [-0.39, 0.29) is 5.91 Å². The largest absolute Gasteiger partial charge is 0.333 e. The van der Waals surface area contributed by atoms with Crippen molar-refractivity contribution in [3.8, 4) is 11.5 Å². The van der Waals surface area contributed by atoms with E-state index in [9.17, 15) is 4.79 Å². The van der Waals surface area contributed by atoms with Crippen LogP contribution in [0.5, 0.6) is 0 Å². The first-order chi connectivity index (χ1) is 13.0. The summed E-state index contributed by atoms with van der Waals surface area (Å²) in [6, 6.07) is 5.89. The van der Waals surface area contributed by atoms with Gasteiger partial charge >= 0.3 is 0 Å². The average Bonchev–Trinajstić information content (AvgIpc) is 3.20. The predicted octanol–water partition coefficient (Wildman–Crippen LogP) is 1.16. The van der Waals surface area contributed by atoms with Crippen LogP contribution in [0.2, 0.25) is 0 Å². The van der Waals surface area contributed by atoms with Crippen LogP contribution < -0.4 is 5.32 Å². The minimum atomic E-state index is 0.0151. The summed E-state index contributed by atoms with van der Waals surface area (Å²) in [7, 11) is 5.98. The number of rotatable bonds is 4. The van der Waals surface area contributed by atoms with Crippen molar-refractivity contribution in [3.05, 3.63) is 30.6 Å². The first-order valence-electron chi connectivity index (χ1n) is 9.16. The third kappa shape index (κ3) is 3.58. The number of benzene rings is 1. The van der Waals surface area contributed by atoms with E-state index >= 15 is 0 Å². The highest BCUT2D eigenvalue weighted by Crippen LogP contribution is 2.28. The molecule has 1 aromatic carbocycles. The quantitative estimate of drug-likeness (QED) is 0.749. The molecule has 1 aliphatic rings. The number of aromatic nitrogens is 4. The minimum absolute atomic E-state index is 0.0151. The maximum atomic E-state index is 12.5. The Balaban J connectivity index is 1.54. The van der Waals surface area contributed by atoms with Crippen LogP contribution in [-0.4, -0.2) is 74.8 Å². The van der Waals surface area contributed by atoms with Crippen LogP contribution in [0.3, 0.4) is 0 Å². The van der Waals surface area contributed by atoms with E-state index in [1.54, 1.807) is 6.20 Å². The van der Waals surface area contributed by atoms with Gasteiger partial charge in [-0.25, -0.2) is 4.98 Å². The molecule has 2 aromatic heterocycles. The van der Waals surface area contributed by atoms with Gasteiger partial charge in [-0.3, -0.25) is 14.4 Å². The van der Waals surface area contributed by atoms with E-state index in [1.165, 1.54) is 0 Å². The number of anilines is 1. The molecule has 27 heavy (non-hydrogen) atoms. The Morgan fingerprint density at radius 1 is 1.15 bits per heavy atom. The molecule has 1 amide bonds. The van der Waals surface area contributed by atoms with Crippen molar-refractivity contribution in [1.29, 1.82) is 0 Å². The van der Waals surface area contributed by atoms with Gasteiger partial charge in [0.2, 0.25) is 5.91 Å². The van der Waals surface area contributed by atoms with Crippen molar-refractivity contribution in [3.63, 3.8) is 0 Å². The molecule has 8 nitrogen and oxygen atoms in total. The maximum Gasteiger partial charge on any atom is 0.238 e. The molecular weight excluding hydrogens is 342 g/mol. The number of nitrogens with one attached hydrogen (secondary N) is 1. The van der Waals surface area contributed by atoms with Crippen LogP contribution >= 0.6 is 0 Å². The predicted molar refractivity (Wildman–Crippen MR) is 105 cm³/mol. The number of aryl methyl sites for hydroxylation is 2. The van der Waals surface area contributed by atoms with E-state index in [0.29, 0.717) is 6.54 Å². The molecule has 142 valence electrons. The topological polar surface area (TPSA) is 71.2 Å². The molecule has 3 heterocycles. The van der Waals surface area contributed by atoms with Gasteiger partial charge in [-0.2, -0.15) is 5.10 Å². The molecule has 0 radical (unpaired) electrons. The summed E-state index contributed by atoms with van der Waals surface area (Å²) in [5.41, 5.74) is 2.60. The van der Waals surface area contributed by atoms with Crippen LogP contribution in [0.1, 0.15) is 0 Å². The fraction of sp³-hybridized carbons (Fsp3) is 0.421. The third-order valence-electron chi connectivity index (χ3n) is 5.13. The minimum Gasteiger partial charge on any atom is -0.333 e. The summed E-state index contributed by atoms with van der Waals surface area (Å²) in [5.74, 6) is 0.822. The highest BCUT2D eigenvalue weighted by Gasteiger charge is 2.18. The number of imidazole rings is 1. The van der Waals surface area contributed by atoms with Crippen molar-refractivity contribution in [2.75, 3.05) is 45.1 Å². The van der Waals surface area contributed by atoms with Gasteiger partial charge in [0, 0.05) is 63.7 Å². The molecule has 1 aliphatic heterocycles. The van der Waals surface area contributed by atoms with Crippen molar-refractivity contribution in [2.24, 2.45) is 14.1 Å². The third-order valence-corrected chi connectivity index (χ3v) is 5.13. The van der Waals surface area contributed by atoms with E-state index in [2.05, 4.69) is 32.2 Å². The molecule has 4 rings (SSSR count). The Morgan fingerprint density at radius 2 is 1.93 bits per heavy atom. The molecule has 0 aliphatic carbocycles. The van der Waals surface area contributed by atoms with E-state index < -0.39 is 0 Å². The summed E-state index contributed by atoms with van der Waals surface area (Å²) >= 11 is 0. The van der Waals surface area contributed by atoms with Crippen molar-refractivity contribution in [2.45, 2.75) is 0 Å². The van der Waals surface area contributed by atoms with Gasteiger partial charge in [-0.05, 0) is 25.2 Å². The lowest BCUT2D eigenvalue weighted by Gasteiger charge is -2.31. The molecule has 1 fully saturated rings. The molecule has 1 saturated heterocycles. The Bertz CT molecular complexity index is 966. The van der Waals surface area contributed by atoms with Crippen LogP contribution in [-0.2, 0) is 18.9 Å². The lowest BCUT2D eigenvalue weighted by molar-refractivity contribution is -0.117. The number of carbonyl (C=O) groups is 1. The number of nitrogens with zero attached hydrogens (tertiary/aromatic N) is 6. The molecule has 0 unspecified atom stereocenters. The highest BCUT2D eigenvalue weighted by atomic mass is 16.2. The molecule has 1 N–H and O–H groups in total. The van der Waals surface area contributed by atoms with Crippen LogP contribution in [0, 0.1) is 0 Å². The molecule has 0 bridgehead atoms. The number of hydrogen-bond acceptors (Lipinski definition) is 5. The number of carbonyl (C=O) groups excluding carboxylic acids is 1. The van der Waals surface area contributed by atoms with Gasteiger partial charge in [0.05, 0.1) is 12.1 Å². The molecule has 0 saturated carbocycles. The van der Waals surface area contributed by atoms with E-state index in [0.717, 1.165) is 54.3 Å². The van der Waals surface area contributed by atoms with Crippen molar-refractivity contribution >= 4 is 22.5 Å². The standard InChI is InChI=1S/C19H25N7O/c1-23-8-10-26(11-9-23)13-17(27)21-14-4-5-16-15(12-14)18(22-25(16)3)19-20-6-7-24(19)2/h4-7,12H,8-11,13H2,1-3H3,(H,21,27). The molecular formula is C19H25N7O. The van der Waals surface area contributed by atoms with Gasteiger partial charge in [-0.15, -0.1) is 0 Å². The second-order valence-electron chi connectivity index (χ2n) is 7.19. The van der Waals surface area contributed by atoms with Gasteiger partial charge in [0.25, 0.3) is 0 Å². The Hall–Kier alpha value is -2.71. The number of likely N-dealkylation sites (N-methyl/N-ethyl adjacent to an activating group) is 1. The van der Waals surface area contributed by atoms with Crippen LogP contribution in [0.4, 0.5) is 5.69 Å². The zero-order chi connectivity index (χ0) is 19.0. The molecule has 0 atom stereocenters. The fourth-order valence-corrected chi connectivity index (χ4v) is 3.51. The first-order valence-corrected chi connectivity index (χ1v) is 9.16. The lowest BCUT2D eigenvalue weighted by Crippen LogP contribution is -2.47. The number of piperazine rings is 1. The maximum absolute atomic E-state index is 12.5. The summed E-state index contributed by atoms with van der Waals surface area (Å²) in [5, 5.41) is 8.63. The van der Waals surface area contributed by atoms with Gasteiger partial charge in [0.1, 0.15) is 5.69 Å². The Kier molecular flexibility index (Phi) is 4.67. The lowest BCUT2D eigenvalue weighted by atomic mass is 10.1. The number of amides is 1.